The predicted octanol–water partition coefficient (Wildman–Crippen LogP) is 6.47. The van der Waals surface area contributed by atoms with Crippen molar-refractivity contribution in [2.24, 2.45) is 5.41 Å². The van der Waals surface area contributed by atoms with Gasteiger partial charge in [-0.25, -0.2) is 8.42 Å². The first-order valence-electron chi connectivity index (χ1n) is 10.4. The quantitative estimate of drug-likeness (QED) is 0.0995. The van der Waals surface area contributed by atoms with Gasteiger partial charge < -0.3 is 18.8 Å². The van der Waals surface area contributed by atoms with Gasteiger partial charge in [0.05, 0.1) is 4.90 Å². The van der Waals surface area contributed by atoms with E-state index in [-0.39, 0.29) is 31.0 Å². The molecule has 0 aliphatic carbocycles. The molecule has 0 heterocycles. The van der Waals surface area contributed by atoms with Crippen molar-refractivity contribution in [1.29, 1.82) is 0 Å². The van der Waals surface area contributed by atoms with Gasteiger partial charge in [-0.05, 0) is 157 Å². The second-order valence-corrected chi connectivity index (χ2v) is 13.8. The summed E-state index contributed by atoms with van der Waals surface area (Å²) in [4.78, 5) is 13.2. The molecule has 3 aromatic carbocycles. The first kappa shape index (κ1) is 30.1. The molecule has 0 aliphatic heterocycles. The Hall–Kier alpha value is -0.440. The van der Waals surface area contributed by atoms with Crippen LogP contribution >= 0.6 is 90.4 Å². The number of hydrogen-bond acceptors (Lipinski definition) is 7. The van der Waals surface area contributed by atoms with E-state index in [9.17, 15) is 17.8 Å². The smallest absolute Gasteiger partial charge is 0.324 e. The van der Waals surface area contributed by atoms with Crippen LogP contribution in [0.2, 0.25) is 0 Å². The molecule has 0 saturated carbocycles. The molecule has 36 heavy (non-hydrogen) atoms. The van der Waals surface area contributed by atoms with E-state index >= 15 is 0 Å². The normalized spacial score (nSPS) is 11.7. The van der Waals surface area contributed by atoms with Crippen LogP contribution in [0.15, 0.2) is 65.6 Å². The molecule has 0 radical (unpaired) electrons. The largest absolute Gasteiger partial charge is 0.744 e. The lowest BCUT2D eigenvalue weighted by Gasteiger charge is -2.30. The van der Waals surface area contributed by atoms with Crippen molar-refractivity contribution < 1.29 is 32.0 Å². The Kier molecular flexibility index (Phi) is 10.9. The molecule has 192 valence electrons. The second-order valence-electron chi connectivity index (χ2n) is 7.68. The Balaban J connectivity index is 1.89. The Morgan fingerprint density at radius 2 is 1.22 bits per heavy atom. The zero-order chi connectivity index (χ0) is 26.5. The molecule has 7 nitrogen and oxygen atoms in total. The van der Waals surface area contributed by atoms with Crippen LogP contribution in [-0.4, -0.2) is 32.2 Å². The van der Waals surface area contributed by atoms with Crippen LogP contribution in [0.25, 0.3) is 0 Å². The highest BCUT2D eigenvalue weighted by Gasteiger charge is 2.41. The molecule has 0 spiro atoms. The van der Waals surface area contributed by atoms with E-state index in [1.165, 1.54) is 12.1 Å². The van der Waals surface area contributed by atoms with Crippen LogP contribution in [0.5, 0.6) is 17.2 Å². The van der Waals surface area contributed by atoms with E-state index in [2.05, 4.69) is 45.2 Å². The third kappa shape index (κ3) is 8.03. The molecule has 0 aliphatic rings. The molecular formula is C24H19I4O7S-. The maximum Gasteiger partial charge on any atom is 0.324 e. The lowest BCUT2D eigenvalue weighted by molar-refractivity contribution is -0.150. The highest BCUT2D eigenvalue weighted by atomic mass is 127. The zero-order valence-corrected chi connectivity index (χ0v) is 28.1. The Morgan fingerprint density at radius 1 is 0.806 bits per heavy atom. The third-order valence-corrected chi connectivity index (χ3v) is 10.0. The molecule has 3 aromatic rings. The minimum atomic E-state index is -4.67. The van der Waals surface area contributed by atoms with Crippen molar-refractivity contribution in [3.63, 3.8) is 0 Å². The predicted molar refractivity (Wildman–Crippen MR) is 168 cm³/mol. The average molecular weight is 959 g/mol. The van der Waals surface area contributed by atoms with Crippen LogP contribution < -0.4 is 14.2 Å². The van der Waals surface area contributed by atoms with Crippen LogP contribution in [0.3, 0.4) is 0 Å². The van der Waals surface area contributed by atoms with Gasteiger partial charge in [0, 0.05) is 14.3 Å². The lowest BCUT2D eigenvalue weighted by Crippen LogP contribution is -2.44. The number of esters is 1. The summed E-state index contributed by atoms with van der Waals surface area (Å²) >= 11 is 7.88. The fourth-order valence-corrected chi connectivity index (χ4v) is 7.71. The zero-order valence-electron chi connectivity index (χ0n) is 18.7. The molecule has 0 bridgehead atoms. The van der Waals surface area contributed by atoms with E-state index in [0.717, 1.165) is 7.14 Å². The Labute approximate surface area is 264 Å². The van der Waals surface area contributed by atoms with Crippen molar-refractivity contribution in [3.8, 4) is 17.2 Å². The highest BCUT2D eigenvalue weighted by molar-refractivity contribution is 14.1. The minimum Gasteiger partial charge on any atom is -0.744 e. The molecule has 0 aromatic heterocycles. The van der Waals surface area contributed by atoms with Gasteiger partial charge in [-0.3, -0.25) is 4.79 Å². The number of hydrogen-bond donors (Lipinski definition) is 0. The van der Waals surface area contributed by atoms with Gasteiger partial charge in [0.25, 0.3) is 0 Å². The molecule has 0 unspecified atom stereocenters. The van der Waals surface area contributed by atoms with Gasteiger partial charge in [0.2, 0.25) is 0 Å². The fourth-order valence-electron chi connectivity index (χ4n) is 3.06. The van der Waals surface area contributed by atoms with E-state index < -0.39 is 21.5 Å². The number of benzene rings is 3. The minimum absolute atomic E-state index is 0.00546. The van der Waals surface area contributed by atoms with Crippen LogP contribution in [0.1, 0.15) is 13.3 Å². The van der Waals surface area contributed by atoms with Crippen LogP contribution in [0, 0.1) is 19.7 Å². The van der Waals surface area contributed by atoms with E-state index in [4.69, 9.17) is 14.2 Å². The molecule has 0 N–H and O–H groups in total. The molecule has 3 rings (SSSR count). The standard InChI is InChI=1S/C24H20I4O7S/c1-2-24(13-33-17-7-3-15(25)4-8-17,14-34-18-9-5-16(26)6-10-18)23(29)35-19-11-20(27)22(21(28)12-19)36(30,31)32/h3-12H,2,13-14H2,1H3,(H,30,31,32)/p-1. The summed E-state index contributed by atoms with van der Waals surface area (Å²) in [5.41, 5.74) is -1.17. The van der Waals surface area contributed by atoms with E-state index in [0.29, 0.717) is 17.9 Å². The van der Waals surface area contributed by atoms with E-state index in [1.54, 1.807) is 45.2 Å². The summed E-state index contributed by atoms with van der Waals surface area (Å²) in [5.74, 6) is 0.738. The highest BCUT2D eigenvalue weighted by Crippen LogP contribution is 2.33. The summed E-state index contributed by atoms with van der Waals surface area (Å²) in [6.07, 6.45) is 0.349. The van der Waals surface area contributed by atoms with Gasteiger partial charge in [0.15, 0.2) is 0 Å². The number of halogens is 4. The van der Waals surface area contributed by atoms with Gasteiger partial charge in [-0.15, -0.1) is 0 Å². The van der Waals surface area contributed by atoms with Crippen LogP contribution in [0.4, 0.5) is 0 Å². The Bertz CT molecular complexity index is 1260. The van der Waals surface area contributed by atoms with Crippen molar-refractivity contribution in [2.45, 2.75) is 18.2 Å². The summed E-state index contributed by atoms with van der Waals surface area (Å²) in [6, 6.07) is 17.6. The van der Waals surface area contributed by atoms with Crippen molar-refractivity contribution in [1.82, 2.24) is 0 Å². The maximum absolute atomic E-state index is 13.6. The number of carbonyl (C=O) groups is 1. The average Bonchev–Trinajstić information content (AvgIpc) is 2.80. The molecule has 0 saturated heterocycles. The number of carbonyl (C=O) groups excluding carboxylic acids is 1. The molecular weight excluding hydrogens is 940 g/mol. The topological polar surface area (TPSA) is 102 Å². The summed E-state index contributed by atoms with van der Waals surface area (Å²) < 4.78 is 54.9. The van der Waals surface area contributed by atoms with E-state index in [1.807, 2.05) is 55.5 Å². The Morgan fingerprint density at radius 3 is 1.58 bits per heavy atom. The van der Waals surface area contributed by atoms with Crippen LogP contribution in [-0.2, 0) is 14.9 Å². The number of ether oxygens (including phenoxy) is 3. The van der Waals surface area contributed by atoms with Gasteiger partial charge >= 0.3 is 5.97 Å². The van der Waals surface area contributed by atoms with Crippen molar-refractivity contribution in [2.75, 3.05) is 13.2 Å². The lowest BCUT2D eigenvalue weighted by atomic mass is 9.87. The molecule has 0 atom stereocenters. The molecule has 12 heteroatoms. The molecule has 0 amide bonds. The summed E-state index contributed by atoms with van der Waals surface area (Å²) in [7, 11) is -4.67. The first-order chi connectivity index (χ1) is 16.9. The monoisotopic (exact) mass is 959 g/mol. The fraction of sp³-hybridized carbons (Fsp3) is 0.208. The third-order valence-electron chi connectivity index (χ3n) is 5.20. The first-order valence-corrected chi connectivity index (χ1v) is 16.1. The van der Waals surface area contributed by atoms with Gasteiger partial charge in [-0.2, -0.15) is 0 Å². The SMILES string of the molecule is CCC(COc1ccc(I)cc1)(COc1ccc(I)cc1)C(=O)Oc1cc(I)c(S(=O)(=O)[O-])c(I)c1. The van der Waals surface area contributed by atoms with Crippen molar-refractivity contribution >= 4 is 106 Å². The molecule has 0 fully saturated rings. The van der Waals surface area contributed by atoms with Gasteiger partial charge in [0.1, 0.15) is 46.0 Å². The van der Waals surface area contributed by atoms with Gasteiger partial charge in [-0.1, -0.05) is 6.92 Å². The second kappa shape index (κ2) is 13.1. The number of rotatable bonds is 10. The summed E-state index contributed by atoms with van der Waals surface area (Å²) in [6.45, 7) is 1.83. The maximum atomic E-state index is 13.6. The summed E-state index contributed by atoms with van der Waals surface area (Å²) in [5, 5.41) is 0. The van der Waals surface area contributed by atoms with Crippen molar-refractivity contribution in [3.05, 3.63) is 74.9 Å².